The fraction of sp³-hybridized carbons (Fsp3) is 0.263. The van der Waals surface area contributed by atoms with Gasteiger partial charge in [-0.2, -0.15) is 13.2 Å². The molecule has 0 fully saturated rings. The molecule has 144 valence electrons. The van der Waals surface area contributed by atoms with Gasteiger partial charge in [0, 0.05) is 4.90 Å². The van der Waals surface area contributed by atoms with E-state index in [1.165, 1.54) is 18.7 Å². The molecular formula is C19H17F3O4S. The highest BCUT2D eigenvalue weighted by molar-refractivity contribution is 8.00. The van der Waals surface area contributed by atoms with E-state index in [9.17, 15) is 22.8 Å². The summed E-state index contributed by atoms with van der Waals surface area (Å²) in [6, 6.07) is 9.21. The summed E-state index contributed by atoms with van der Waals surface area (Å²) in [4.78, 5) is 23.6. The Balaban J connectivity index is 1.88. The number of benzene rings is 2. The van der Waals surface area contributed by atoms with Crippen molar-refractivity contribution in [2.45, 2.75) is 24.9 Å². The van der Waals surface area contributed by atoms with Crippen molar-refractivity contribution in [3.8, 4) is 11.5 Å². The van der Waals surface area contributed by atoms with Gasteiger partial charge in [-0.05, 0) is 61.9 Å². The highest BCUT2D eigenvalue weighted by Crippen LogP contribution is 2.30. The Morgan fingerprint density at radius 2 is 1.74 bits per heavy atom. The van der Waals surface area contributed by atoms with E-state index in [4.69, 9.17) is 9.47 Å². The molecule has 0 N–H and O–H groups in total. The van der Waals surface area contributed by atoms with Crippen LogP contribution in [-0.2, 0) is 15.8 Å². The summed E-state index contributed by atoms with van der Waals surface area (Å²) >= 11 is 1.23. The van der Waals surface area contributed by atoms with E-state index in [1.54, 1.807) is 12.1 Å². The largest absolute Gasteiger partial charge is 0.486 e. The van der Waals surface area contributed by atoms with Gasteiger partial charge in [0.2, 0.25) is 0 Å². The highest BCUT2D eigenvalue weighted by atomic mass is 32.2. The lowest BCUT2D eigenvalue weighted by Gasteiger charge is -2.10. The van der Waals surface area contributed by atoms with E-state index in [-0.39, 0.29) is 23.9 Å². The van der Waals surface area contributed by atoms with Crippen LogP contribution in [0.15, 0.2) is 47.4 Å². The smallest absolute Gasteiger partial charge is 0.416 e. The third-order valence-electron chi connectivity index (χ3n) is 3.35. The summed E-state index contributed by atoms with van der Waals surface area (Å²) in [7, 11) is 0. The number of hydrogen-bond donors (Lipinski definition) is 0. The molecule has 0 amide bonds. The summed E-state index contributed by atoms with van der Waals surface area (Å²) in [6.07, 6.45) is -4.43. The number of rotatable bonds is 7. The molecule has 2 rings (SSSR count). The lowest BCUT2D eigenvalue weighted by atomic mass is 10.2. The normalized spacial score (nSPS) is 11.1. The van der Waals surface area contributed by atoms with Gasteiger partial charge in [0.25, 0.3) is 0 Å². The summed E-state index contributed by atoms with van der Waals surface area (Å²) in [6.45, 7) is 3.24. The highest BCUT2D eigenvalue weighted by Gasteiger charge is 2.30. The number of esters is 1. The molecule has 0 radical (unpaired) electrons. The van der Waals surface area contributed by atoms with Crippen LogP contribution < -0.4 is 9.47 Å². The lowest BCUT2D eigenvalue weighted by molar-refractivity contribution is -0.137. The average molecular weight is 398 g/mol. The second-order valence-electron chi connectivity index (χ2n) is 5.70. The molecule has 0 spiro atoms. The SMILES string of the molecule is CC(=O)COc1ccc(SCC(=O)Oc2ccc(C(F)(F)F)cc2)cc1C. The van der Waals surface area contributed by atoms with E-state index in [0.717, 1.165) is 34.7 Å². The van der Waals surface area contributed by atoms with Crippen molar-refractivity contribution in [2.24, 2.45) is 0 Å². The summed E-state index contributed by atoms with van der Waals surface area (Å²) in [5.41, 5.74) is 0.0107. The zero-order valence-electron chi connectivity index (χ0n) is 14.6. The molecule has 0 aromatic heterocycles. The Morgan fingerprint density at radius 1 is 1.07 bits per heavy atom. The van der Waals surface area contributed by atoms with E-state index in [1.807, 2.05) is 13.0 Å². The summed E-state index contributed by atoms with van der Waals surface area (Å²) in [5.74, 6) is -0.0264. The lowest BCUT2D eigenvalue weighted by Crippen LogP contribution is -2.11. The van der Waals surface area contributed by atoms with Crippen LogP contribution in [0.1, 0.15) is 18.1 Å². The number of Topliss-reactive ketones (excluding diaryl/α,β-unsaturated/α-hetero) is 1. The minimum Gasteiger partial charge on any atom is -0.486 e. The van der Waals surface area contributed by atoms with E-state index >= 15 is 0 Å². The van der Waals surface area contributed by atoms with Crippen LogP contribution in [0, 0.1) is 6.92 Å². The van der Waals surface area contributed by atoms with Crippen molar-refractivity contribution in [1.82, 2.24) is 0 Å². The first-order chi connectivity index (χ1) is 12.6. The van der Waals surface area contributed by atoms with Gasteiger partial charge in [-0.25, -0.2) is 0 Å². The van der Waals surface area contributed by atoms with Gasteiger partial charge in [-0.3, -0.25) is 9.59 Å². The third kappa shape index (κ3) is 6.63. The molecule has 0 saturated heterocycles. The van der Waals surface area contributed by atoms with E-state index in [2.05, 4.69) is 0 Å². The maximum Gasteiger partial charge on any atom is 0.416 e. The third-order valence-corrected chi connectivity index (χ3v) is 4.31. The molecule has 27 heavy (non-hydrogen) atoms. The molecule has 2 aromatic carbocycles. The van der Waals surface area contributed by atoms with E-state index in [0.29, 0.717) is 5.75 Å². The number of carbonyl (C=O) groups excluding carboxylic acids is 2. The van der Waals surface area contributed by atoms with Crippen LogP contribution in [0.2, 0.25) is 0 Å². The fourth-order valence-electron chi connectivity index (χ4n) is 2.07. The molecule has 4 nitrogen and oxygen atoms in total. The van der Waals surface area contributed by atoms with E-state index < -0.39 is 17.7 Å². The number of alkyl halides is 3. The Bertz CT molecular complexity index is 817. The Kier molecular flexibility index (Phi) is 6.90. The predicted molar refractivity (Wildman–Crippen MR) is 95.2 cm³/mol. The number of thioether (sulfide) groups is 1. The van der Waals surface area contributed by atoms with Gasteiger partial charge < -0.3 is 9.47 Å². The Hall–Kier alpha value is -2.48. The maximum atomic E-state index is 12.5. The molecule has 0 aliphatic carbocycles. The van der Waals surface area contributed by atoms with Crippen molar-refractivity contribution in [3.05, 3.63) is 53.6 Å². The minimum atomic E-state index is -4.43. The molecule has 0 unspecified atom stereocenters. The van der Waals surface area contributed by atoms with Gasteiger partial charge in [-0.1, -0.05) is 0 Å². The average Bonchev–Trinajstić information content (AvgIpc) is 2.58. The van der Waals surface area contributed by atoms with Gasteiger partial charge in [-0.15, -0.1) is 11.8 Å². The standard InChI is InChI=1S/C19H17F3O4S/c1-12-9-16(7-8-17(12)25-10-13(2)23)27-11-18(24)26-15-5-3-14(4-6-15)19(20,21)22/h3-9H,10-11H2,1-2H3. The first kappa shape index (κ1) is 20.8. The van der Waals surface area contributed by atoms with Gasteiger partial charge in [0.15, 0.2) is 5.78 Å². The molecule has 0 aliphatic rings. The van der Waals surface area contributed by atoms with Crippen molar-refractivity contribution in [1.29, 1.82) is 0 Å². The van der Waals surface area contributed by atoms with Crippen LogP contribution >= 0.6 is 11.8 Å². The maximum absolute atomic E-state index is 12.5. The zero-order valence-corrected chi connectivity index (χ0v) is 15.4. The van der Waals surface area contributed by atoms with Crippen LogP contribution in [0.3, 0.4) is 0 Å². The Morgan fingerprint density at radius 3 is 2.30 bits per heavy atom. The summed E-state index contributed by atoms with van der Waals surface area (Å²) < 4.78 is 47.9. The van der Waals surface area contributed by atoms with Gasteiger partial charge in [0.1, 0.15) is 18.1 Å². The molecular weight excluding hydrogens is 381 g/mol. The molecule has 2 aromatic rings. The van der Waals surface area contributed by atoms with Crippen molar-refractivity contribution in [2.75, 3.05) is 12.4 Å². The minimum absolute atomic E-state index is 0.00584. The molecule has 0 saturated carbocycles. The molecule has 0 atom stereocenters. The number of halogens is 3. The monoisotopic (exact) mass is 398 g/mol. The number of ether oxygens (including phenoxy) is 2. The summed E-state index contributed by atoms with van der Waals surface area (Å²) in [5, 5.41) is 0. The zero-order chi connectivity index (χ0) is 20.0. The van der Waals surface area contributed by atoms with Crippen molar-refractivity contribution in [3.63, 3.8) is 0 Å². The Labute approximate surface area is 158 Å². The number of carbonyl (C=O) groups is 2. The van der Waals surface area contributed by atoms with Crippen LogP contribution in [-0.4, -0.2) is 24.1 Å². The van der Waals surface area contributed by atoms with Crippen molar-refractivity contribution < 1.29 is 32.2 Å². The van der Waals surface area contributed by atoms with Gasteiger partial charge in [0.05, 0.1) is 11.3 Å². The second-order valence-corrected chi connectivity index (χ2v) is 6.75. The van der Waals surface area contributed by atoms with Crippen LogP contribution in [0.25, 0.3) is 0 Å². The van der Waals surface area contributed by atoms with Crippen LogP contribution in [0.5, 0.6) is 11.5 Å². The van der Waals surface area contributed by atoms with Crippen LogP contribution in [0.4, 0.5) is 13.2 Å². The number of aryl methyl sites for hydroxylation is 1. The quantitative estimate of drug-likeness (QED) is 0.385. The van der Waals surface area contributed by atoms with Gasteiger partial charge >= 0.3 is 12.1 Å². The topological polar surface area (TPSA) is 52.6 Å². The second kappa shape index (κ2) is 8.94. The first-order valence-electron chi connectivity index (χ1n) is 7.89. The first-order valence-corrected chi connectivity index (χ1v) is 8.87. The number of hydrogen-bond acceptors (Lipinski definition) is 5. The number of ketones is 1. The fourth-order valence-corrected chi connectivity index (χ4v) is 2.84. The van der Waals surface area contributed by atoms with Crippen molar-refractivity contribution >= 4 is 23.5 Å². The molecule has 8 heteroatoms. The predicted octanol–water partition coefficient (Wildman–Crippen LogP) is 4.68. The molecule has 0 heterocycles. The molecule has 0 bridgehead atoms. The molecule has 0 aliphatic heterocycles.